The van der Waals surface area contributed by atoms with Crippen LogP contribution in [-0.4, -0.2) is 28.6 Å². The van der Waals surface area contributed by atoms with Crippen LogP contribution >= 0.6 is 11.6 Å². The molecule has 1 aliphatic rings. The fraction of sp³-hybridized carbons (Fsp3) is 0.348. The van der Waals surface area contributed by atoms with Gasteiger partial charge in [0.25, 0.3) is 0 Å². The van der Waals surface area contributed by atoms with Crippen LogP contribution in [0.4, 0.5) is 17.3 Å². The maximum atomic E-state index is 6.38. The van der Waals surface area contributed by atoms with Gasteiger partial charge in [-0.2, -0.15) is 9.97 Å². The van der Waals surface area contributed by atoms with E-state index < -0.39 is 0 Å². The maximum absolute atomic E-state index is 6.38. The summed E-state index contributed by atoms with van der Waals surface area (Å²) in [6.07, 6.45) is 2.52. The third-order valence-corrected chi connectivity index (χ3v) is 5.57. The molecule has 0 bridgehead atoms. The monoisotopic (exact) mass is 423 g/mol. The maximum Gasteiger partial charge on any atom is 0.318 e. The number of aromatic nitrogens is 3. The summed E-state index contributed by atoms with van der Waals surface area (Å²) in [7, 11) is 1.59. The van der Waals surface area contributed by atoms with Gasteiger partial charge in [-0.15, -0.1) is 0 Å². The van der Waals surface area contributed by atoms with Gasteiger partial charge in [0.1, 0.15) is 11.6 Å². The lowest BCUT2D eigenvalue weighted by molar-refractivity contribution is 0.377. The minimum Gasteiger partial charge on any atom is -0.467 e. The van der Waals surface area contributed by atoms with Crippen molar-refractivity contribution < 1.29 is 4.74 Å². The molecule has 0 aliphatic carbocycles. The largest absolute Gasteiger partial charge is 0.467 e. The number of ether oxygens (including phenoxy) is 1. The Bertz CT molecular complexity index is 1050. The van der Waals surface area contributed by atoms with E-state index in [2.05, 4.69) is 70.2 Å². The highest BCUT2D eigenvalue weighted by atomic mass is 35.5. The summed E-state index contributed by atoms with van der Waals surface area (Å²) in [6, 6.07) is 12.5. The predicted molar refractivity (Wildman–Crippen MR) is 121 cm³/mol. The molecule has 0 saturated carbocycles. The minimum absolute atomic E-state index is 0.109. The second kappa shape index (κ2) is 8.11. The van der Waals surface area contributed by atoms with E-state index in [-0.39, 0.29) is 5.41 Å². The Morgan fingerprint density at radius 3 is 2.53 bits per heavy atom. The zero-order chi connectivity index (χ0) is 21.3. The van der Waals surface area contributed by atoms with Crippen LogP contribution in [-0.2, 0) is 18.4 Å². The fourth-order valence-corrected chi connectivity index (χ4v) is 3.81. The number of nitrogens with one attached hydrogen (secondary N) is 1. The van der Waals surface area contributed by atoms with Gasteiger partial charge in [-0.25, -0.2) is 4.98 Å². The number of methoxy groups -OCH3 is 1. The molecule has 1 aliphatic heterocycles. The molecule has 30 heavy (non-hydrogen) atoms. The van der Waals surface area contributed by atoms with E-state index in [4.69, 9.17) is 16.3 Å². The van der Waals surface area contributed by atoms with Crippen LogP contribution in [0.3, 0.4) is 0 Å². The third kappa shape index (κ3) is 4.19. The number of benzene rings is 1. The van der Waals surface area contributed by atoms with Gasteiger partial charge in [-0.05, 0) is 35.2 Å². The standard InChI is InChI=1S/C23H26ClN5O/c1-23(2,3)15-7-9-16(10-8-15)26-20-17-14-29(21-18(24)6-5-12-25-21)13-11-19(17)27-22(28-20)30-4/h5-10,12H,11,13-14H2,1-4H3,(H,26,27,28). The molecule has 4 rings (SSSR count). The first-order valence-electron chi connectivity index (χ1n) is 10.0. The first-order valence-corrected chi connectivity index (χ1v) is 10.4. The van der Waals surface area contributed by atoms with Gasteiger partial charge in [0.15, 0.2) is 0 Å². The van der Waals surface area contributed by atoms with Crippen LogP contribution in [0.25, 0.3) is 0 Å². The molecular formula is C23H26ClN5O. The summed E-state index contributed by atoms with van der Waals surface area (Å²) in [6.45, 7) is 8.03. The Morgan fingerprint density at radius 2 is 1.87 bits per heavy atom. The summed E-state index contributed by atoms with van der Waals surface area (Å²) in [5.41, 5.74) is 4.38. The molecule has 0 unspecified atom stereocenters. The molecule has 3 aromatic rings. The van der Waals surface area contributed by atoms with Crippen molar-refractivity contribution >= 4 is 28.9 Å². The van der Waals surface area contributed by atoms with E-state index in [1.165, 1.54) is 5.56 Å². The Kier molecular flexibility index (Phi) is 5.52. The normalized spacial score (nSPS) is 13.7. The molecule has 0 amide bonds. The highest BCUT2D eigenvalue weighted by Crippen LogP contribution is 2.33. The Labute approximate surface area is 182 Å². The van der Waals surface area contributed by atoms with Crippen LogP contribution in [0.1, 0.15) is 37.6 Å². The van der Waals surface area contributed by atoms with Gasteiger partial charge in [0.05, 0.1) is 17.8 Å². The minimum atomic E-state index is 0.109. The smallest absolute Gasteiger partial charge is 0.318 e. The lowest BCUT2D eigenvalue weighted by Crippen LogP contribution is -2.32. The summed E-state index contributed by atoms with van der Waals surface area (Å²) >= 11 is 6.38. The van der Waals surface area contributed by atoms with Crippen molar-refractivity contribution in [2.24, 2.45) is 0 Å². The van der Waals surface area contributed by atoms with E-state index in [0.29, 0.717) is 17.6 Å². The van der Waals surface area contributed by atoms with Gasteiger partial charge >= 0.3 is 6.01 Å². The van der Waals surface area contributed by atoms with Crippen LogP contribution in [0.5, 0.6) is 6.01 Å². The van der Waals surface area contributed by atoms with Crippen molar-refractivity contribution in [3.05, 3.63) is 64.4 Å². The van der Waals surface area contributed by atoms with Crippen molar-refractivity contribution in [2.45, 2.75) is 39.2 Å². The van der Waals surface area contributed by atoms with Crippen LogP contribution in [0, 0.1) is 0 Å². The van der Waals surface area contributed by atoms with Gasteiger partial charge in [-0.3, -0.25) is 0 Å². The first-order chi connectivity index (χ1) is 14.3. The van der Waals surface area contributed by atoms with Crippen LogP contribution in [0.2, 0.25) is 5.02 Å². The Balaban J connectivity index is 1.66. The fourth-order valence-electron chi connectivity index (χ4n) is 3.57. The van der Waals surface area contributed by atoms with E-state index >= 15 is 0 Å². The number of halogens is 1. The molecule has 156 valence electrons. The molecule has 0 fully saturated rings. The van der Waals surface area contributed by atoms with E-state index in [1.807, 2.05) is 12.1 Å². The van der Waals surface area contributed by atoms with Crippen LogP contribution in [0.15, 0.2) is 42.6 Å². The lowest BCUT2D eigenvalue weighted by atomic mass is 9.87. The lowest BCUT2D eigenvalue weighted by Gasteiger charge is -2.31. The van der Waals surface area contributed by atoms with E-state index in [0.717, 1.165) is 41.5 Å². The molecule has 0 atom stereocenters. The summed E-state index contributed by atoms with van der Waals surface area (Å²) in [5, 5.41) is 4.10. The molecule has 2 aromatic heterocycles. The Morgan fingerprint density at radius 1 is 1.10 bits per heavy atom. The van der Waals surface area contributed by atoms with Gasteiger partial charge in [-0.1, -0.05) is 44.5 Å². The van der Waals surface area contributed by atoms with E-state index in [9.17, 15) is 0 Å². The molecule has 0 radical (unpaired) electrons. The molecule has 0 saturated heterocycles. The van der Waals surface area contributed by atoms with Gasteiger partial charge in [0.2, 0.25) is 0 Å². The predicted octanol–water partition coefficient (Wildman–Crippen LogP) is 5.14. The third-order valence-electron chi connectivity index (χ3n) is 5.27. The zero-order valence-corrected chi connectivity index (χ0v) is 18.5. The number of pyridine rings is 1. The second-order valence-electron chi connectivity index (χ2n) is 8.42. The SMILES string of the molecule is COc1nc2c(c(Nc3ccc(C(C)(C)C)cc3)n1)CN(c1ncccc1Cl)CC2. The van der Waals surface area contributed by atoms with Crippen molar-refractivity contribution in [1.29, 1.82) is 0 Å². The number of anilines is 3. The quantitative estimate of drug-likeness (QED) is 0.627. The average Bonchev–Trinajstić information content (AvgIpc) is 2.73. The average molecular weight is 424 g/mol. The highest BCUT2D eigenvalue weighted by Gasteiger charge is 2.25. The van der Waals surface area contributed by atoms with Gasteiger partial charge < -0.3 is 15.0 Å². The number of nitrogens with zero attached hydrogens (tertiary/aromatic N) is 4. The summed E-state index contributed by atoms with van der Waals surface area (Å²) in [5.74, 6) is 1.53. The molecule has 1 aromatic carbocycles. The van der Waals surface area contributed by atoms with Crippen molar-refractivity contribution in [3.63, 3.8) is 0 Å². The van der Waals surface area contributed by atoms with Crippen molar-refractivity contribution in [3.8, 4) is 6.01 Å². The Hall–Kier alpha value is -2.86. The molecule has 0 spiro atoms. The van der Waals surface area contributed by atoms with Crippen LogP contribution < -0.4 is 15.0 Å². The zero-order valence-electron chi connectivity index (χ0n) is 17.7. The molecule has 6 nitrogen and oxygen atoms in total. The number of fused-ring (bicyclic) bond motifs is 1. The number of hydrogen-bond donors (Lipinski definition) is 1. The number of hydrogen-bond acceptors (Lipinski definition) is 6. The highest BCUT2D eigenvalue weighted by molar-refractivity contribution is 6.32. The first kappa shape index (κ1) is 20.4. The second-order valence-corrected chi connectivity index (χ2v) is 8.82. The topological polar surface area (TPSA) is 63.2 Å². The van der Waals surface area contributed by atoms with E-state index in [1.54, 1.807) is 13.3 Å². The number of rotatable bonds is 4. The molecule has 1 N–H and O–H groups in total. The molecular weight excluding hydrogens is 398 g/mol. The van der Waals surface area contributed by atoms with Crippen molar-refractivity contribution in [2.75, 3.05) is 23.9 Å². The van der Waals surface area contributed by atoms with Gasteiger partial charge in [0, 0.05) is 37.0 Å². The van der Waals surface area contributed by atoms with Crippen molar-refractivity contribution in [1.82, 2.24) is 15.0 Å². The summed E-state index contributed by atoms with van der Waals surface area (Å²) in [4.78, 5) is 15.8. The molecule has 7 heteroatoms. The summed E-state index contributed by atoms with van der Waals surface area (Å²) < 4.78 is 5.34. The molecule has 3 heterocycles.